The van der Waals surface area contributed by atoms with Gasteiger partial charge in [-0.3, -0.25) is 0 Å². The third-order valence-corrected chi connectivity index (χ3v) is 3.76. The summed E-state index contributed by atoms with van der Waals surface area (Å²) in [4.78, 5) is 23.9. The number of hydrogen-bond donors (Lipinski definition) is 0. The summed E-state index contributed by atoms with van der Waals surface area (Å²) in [5.74, 6) is -0.868. The Morgan fingerprint density at radius 1 is 0.760 bits per heavy atom. The van der Waals surface area contributed by atoms with E-state index in [9.17, 15) is 9.59 Å². The van der Waals surface area contributed by atoms with Crippen molar-refractivity contribution in [1.82, 2.24) is 0 Å². The molecule has 1 aliphatic heterocycles. The Morgan fingerprint density at radius 2 is 1.16 bits per heavy atom. The number of ether oxygens (including phenoxy) is 4. The van der Waals surface area contributed by atoms with Gasteiger partial charge in [-0.25, -0.2) is 9.59 Å². The molecular weight excluding hydrogens is 324 g/mol. The van der Waals surface area contributed by atoms with Gasteiger partial charge in [0, 0.05) is 0 Å². The molecule has 1 fully saturated rings. The van der Waals surface area contributed by atoms with Crippen LogP contribution in [0, 0.1) is 0 Å². The maximum Gasteiger partial charge on any atom is 0.338 e. The SMILES string of the molecule is O=C(OCC1OCOC1COC(=O)c1ccccc1)c1ccccc1. The molecule has 2 aromatic rings. The lowest BCUT2D eigenvalue weighted by Crippen LogP contribution is -2.33. The fourth-order valence-electron chi connectivity index (χ4n) is 2.37. The van der Waals surface area contributed by atoms with Gasteiger partial charge in [-0.2, -0.15) is 0 Å². The number of hydrogen-bond acceptors (Lipinski definition) is 6. The summed E-state index contributed by atoms with van der Waals surface area (Å²) in [6, 6.07) is 17.4. The average molecular weight is 342 g/mol. The largest absolute Gasteiger partial charge is 0.459 e. The normalized spacial score (nSPS) is 19.4. The molecular formula is C19H18O6. The van der Waals surface area contributed by atoms with Crippen LogP contribution in [0.5, 0.6) is 0 Å². The zero-order valence-electron chi connectivity index (χ0n) is 13.5. The Kier molecular flexibility index (Phi) is 5.77. The molecule has 0 amide bonds. The second kappa shape index (κ2) is 8.41. The van der Waals surface area contributed by atoms with Gasteiger partial charge in [0.1, 0.15) is 32.2 Å². The van der Waals surface area contributed by atoms with Gasteiger partial charge in [0.2, 0.25) is 0 Å². The van der Waals surface area contributed by atoms with Crippen molar-refractivity contribution in [2.24, 2.45) is 0 Å². The van der Waals surface area contributed by atoms with Crippen molar-refractivity contribution in [2.45, 2.75) is 12.2 Å². The third kappa shape index (κ3) is 4.65. The minimum atomic E-state index is -0.476. The highest BCUT2D eigenvalue weighted by molar-refractivity contribution is 5.89. The molecule has 3 rings (SSSR count). The standard InChI is InChI=1S/C19H18O6/c20-18(14-7-3-1-4-8-14)22-11-16-17(25-13-24-16)12-23-19(21)15-9-5-2-6-10-15/h1-10,16-17H,11-13H2. The highest BCUT2D eigenvalue weighted by Crippen LogP contribution is 2.15. The van der Waals surface area contributed by atoms with Gasteiger partial charge in [-0.15, -0.1) is 0 Å². The van der Waals surface area contributed by atoms with Crippen molar-refractivity contribution < 1.29 is 28.5 Å². The van der Waals surface area contributed by atoms with Crippen molar-refractivity contribution >= 4 is 11.9 Å². The first kappa shape index (κ1) is 17.1. The lowest BCUT2D eigenvalue weighted by molar-refractivity contribution is 0.00330. The van der Waals surface area contributed by atoms with E-state index < -0.39 is 24.1 Å². The predicted molar refractivity (Wildman–Crippen MR) is 88.1 cm³/mol. The fraction of sp³-hybridized carbons (Fsp3) is 0.263. The number of carbonyl (C=O) groups is 2. The smallest absolute Gasteiger partial charge is 0.338 e. The summed E-state index contributed by atoms with van der Waals surface area (Å²) in [5.41, 5.74) is 0.932. The Hall–Kier alpha value is -2.70. The summed E-state index contributed by atoms with van der Waals surface area (Å²) in [7, 11) is 0. The van der Waals surface area contributed by atoms with Crippen molar-refractivity contribution in [3.8, 4) is 0 Å². The molecule has 130 valence electrons. The van der Waals surface area contributed by atoms with E-state index in [4.69, 9.17) is 18.9 Å². The lowest BCUT2D eigenvalue weighted by atomic mass is 10.2. The van der Waals surface area contributed by atoms with Crippen LogP contribution < -0.4 is 0 Å². The Bertz CT molecular complexity index is 639. The summed E-state index contributed by atoms with van der Waals surface area (Å²) >= 11 is 0. The molecule has 0 radical (unpaired) electrons. The number of carbonyl (C=O) groups excluding carboxylic acids is 2. The Labute approximate surface area is 145 Å². The van der Waals surface area contributed by atoms with Crippen LogP contribution in [0.2, 0.25) is 0 Å². The first-order valence-electron chi connectivity index (χ1n) is 7.91. The zero-order chi connectivity index (χ0) is 17.5. The Balaban J connectivity index is 1.47. The minimum absolute atomic E-state index is 0.0290. The van der Waals surface area contributed by atoms with Crippen LogP contribution in [-0.2, 0) is 18.9 Å². The third-order valence-electron chi connectivity index (χ3n) is 3.76. The van der Waals surface area contributed by atoms with Crippen LogP contribution in [0.1, 0.15) is 20.7 Å². The van der Waals surface area contributed by atoms with Gasteiger partial charge >= 0.3 is 11.9 Å². The molecule has 0 aliphatic carbocycles. The summed E-state index contributed by atoms with van der Waals surface area (Å²) in [6.45, 7) is 0.129. The van der Waals surface area contributed by atoms with Crippen molar-refractivity contribution in [2.75, 3.05) is 20.0 Å². The molecule has 0 bridgehead atoms. The number of esters is 2. The molecule has 0 saturated carbocycles. The molecule has 1 heterocycles. The Morgan fingerprint density at radius 3 is 1.56 bits per heavy atom. The van der Waals surface area contributed by atoms with Gasteiger partial charge in [-0.05, 0) is 24.3 Å². The van der Waals surface area contributed by atoms with E-state index in [2.05, 4.69) is 0 Å². The molecule has 2 aromatic carbocycles. The zero-order valence-corrected chi connectivity index (χ0v) is 13.5. The van der Waals surface area contributed by atoms with Gasteiger partial charge in [0.05, 0.1) is 11.1 Å². The lowest BCUT2D eigenvalue weighted by Gasteiger charge is -2.17. The molecule has 6 nitrogen and oxygen atoms in total. The van der Waals surface area contributed by atoms with Crippen LogP contribution in [0.25, 0.3) is 0 Å². The second-order valence-electron chi connectivity index (χ2n) is 5.46. The molecule has 6 heteroatoms. The number of rotatable bonds is 6. The average Bonchev–Trinajstić information content (AvgIpc) is 3.13. The topological polar surface area (TPSA) is 71.1 Å². The highest BCUT2D eigenvalue weighted by atomic mass is 16.7. The van der Waals surface area contributed by atoms with E-state index >= 15 is 0 Å². The monoisotopic (exact) mass is 342 g/mol. The molecule has 0 aromatic heterocycles. The van der Waals surface area contributed by atoms with Crippen LogP contribution in [0.3, 0.4) is 0 Å². The first-order chi connectivity index (χ1) is 12.2. The van der Waals surface area contributed by atoms with Gasteiger partial charge in [0.15, 0.2) is 0 Å². The maximum absolute atomic E-state index is 12.0. The van der Waals surface area contributed by atoms with Crippen LogP contribution in [0.15, 0.2) is 60.7 Å². The summed E-state index contributed by atoms with van der Waals surface area (Å²) < 4.78 is 21.3. The van der Waals surface area contributed by atoms with Gasteiger partial charge in [-0.1, -0.05) is 36.4 Å². The van der Waals surface area contributed by atoms with E-state index in [1.165, 1.54) is 0 Å². The van der Waals surface area contributed by atoms with E-state index in [0.717, 1.165) is 0 Å². The number of benzene rings is 2. The van der Waals surface area contributed by atoms with Crippen LogP contribution in [-0.4, -0.2) is 44.2 Å². The van der Waals surface area contributed by atoms with E-state index in [0.29, 0.717) is 11.1 Å². The van der Waals surface area contributed by atoms with E-state index in [1.54, 1.807) is 48.5 Å². The fourth-order valence-corrected chi connectivity index (χ4v) is 2.37. The molecule has 2 unspecified atom stereocenters. The quantitative estimate of drug-likeness (QED) is 0.751. The van der Waals surface area contributed by atoms with Crippen molar-refractivity contribution in [3.63, 3.8) is 0 Å². The molecule has 25 heavy (non-hydrogen) atoms. The molecule has 1 aliphatic rings. The molecule has 1 saturated heterocycles. The minimum Gasteiger partial charge on any atom is -0.459 e. The highest BCUT2D eigenvalue weighted by Gasteiger charge is 2.32. The van der Waals surface area contributed by atoms with Crippen LogP contribution >= 0.6 is 0 Å². The van der Waals surface area contributed by atoms with Gasteiger partial charge in [0.25, 0.3) is 0 Å². The van der Waals surface area contributed by atoms with E-state index in [1.807, 2.05) is 12.1 Å². The summed E-state index contributed by atoms with van der Waals surface area (Å²) in [5, 5.41) is 0. The predicted octanol–water partition coefficient (Wildman–Crippen LogP) is 2.44. The van der Waals surface area contributed by atoms with E-state index in [-0.39, 0.29) is 20.0 Å². The molecule has 2 atom stereocenters. The van der Waals surface area contributed by atoms with Crippen LogP contribution in [0.4, 0.5) is 0 Å². The second-order valence-corrected chi connectivity index (χ2v) is 5.46. The maximum atomic E-state index is 12.0. The summed E-state index contributed by atoms with van der Waals surface area (Å²) in [6.07, 6.45) is -0.951. The van der Waals surface area contributed by atoms with Crippen molar-refractivity contribution in [3.05, 3.63) is 71.8 Å². The molecule has 0 spiro atoms. The molecule has 0 N–H and O–H groups in total. The first-order valence-corrected chi connectivity index (χ1v) is 7.91. The van der Waals surface area contributed by atoms with Gasteiger partial charge < -0.3 is 18.9 Å². The van der Waals surface area contributed by atoms with Crippen molar-refractivity contribution in [1.29, 1.82) is 0 Å².